The number of nitrogens with one attached hydrogen (secondary N) is 2. The highest BCUT2D eigenvalue weighted by molar-refractivity contribution is 6.30. The first-order chi connectivity index (χ1) is 8.58. The van der Waals surface area contributed by atoms with Crippen molar-refractivity contribution in [1.82, 2.24) is 10.1 Å². The molecule has 2 heterocycles. The summed E-state index contributed by atoms with van der Waals surface area (Å²) in [4.78, 5) is 15.7. The summed E-state index contributed by atoms with van der Waals surface area (Å²) < 4.78 is 4.87. The normalized spacial score (nSPS) is 10.2. The van der Waals surface area contributed by atoms with Crippen molar-refractivity contribution in [3.63, 3.8) is 0 Å². The van der Waals surface area contributed by atoms with E-state index in [4.69, 9.17) is 22.0 Å². The fourth-order valence-corrected chi connectivity index (χ4v) is 1.52. The molecule has 2 aromatic rings. The second-order valence-electron chi connectivity index (χ2n) is 3.49. The lowest BCUT2D eigenvalue weighted by atomic mass is 10.2. The highest BCUT2D eigenvalue weighted by Gasteiger charge is 2.11. The number of hydrogen-bond donors (Lipinski definition) is 3. The predicted octanol–water partition coefficient (Wildman–Crippen LogP) is 1.57. The van der Waals surface area contributed by atoms with E-state index in [9.17, 15) is 4.79 Å². The Morgan fingerprint density at radius 2 is 2.22 bits per heavy atom. The first-order valence-corrected chi connectivity index (χ1v) is 5.35. The Hall–Kier alpha value is -2.12. The van der Waals surface area contributed by atoms with E-state index in [1.165, 1.54) is 12.1 Å². The molecule has 0 saturated heterocycles. The maximum absolute atomic E-state index is 11.9. The predicted molar refractivity (Wildman–Crippen MR) is 66.3 cm³/mol. The van der Waals surface area contributed by atoms with Crippen molar-refractivity contribution in [2.75, 3.05) is 10.7 Å². The summed E-state index contributed by atoms with van der Waals surface area (Å²) in [6.07, 6.45) is 0. The van der Waals surface area contributed by atoms with E-state index in [2.05, 4.69) is 20.9 Å². The summed E-state index contributed by atoms with van der Waals surface area (Å²) in [6, 6.07) is 4.48. The number of amides is 1. The molecule has 2 rings (SSSR count). The van der Waals surface area contributed by atoms with Crippen LogP contribution in [0.1, 0.15) is 16.1 Å². The number of hydrogen-bond acceptors (Lipinski definition) is 6. The first-order valence-electron chi connectivity index (χ1n) is 4.97. The van der Waals surface area contributed by atoms with E-state index >= 15 is 0 Å². The maximum atomic E-state index is 11.9. The van der Waals surface area contributed by atoms with Crippen LogP contribution in [0.15, 0.2) is 22.7 Å². The molecule has 0 aliphatic rings. The van der Waals surface area contributed by atoms with E-state index in [0.717, 1.165) is 0 Å². The van der Waals surface area contributed by atoms with Gasteiger partial charge >= 0.3 is 0 Å². The van der Waals surface area contributed by atoms with Gasteiger partial charge in [0.2, 0.25) is 5.88 Å². The number of hydrazine groups is 1. The van der Waals surface area contributed by atoms with Gasteiger partial charge in [-0.15, -0.1) is 0 Å². The molecule has 0 atom stereocenters. The number of carbonyl (C=O) groups is 1. The third-order valence-corrected chi connectivity index (χ3v) is 2.26. The molecule has 94 valence electrons. The van der Waals surface area contributed by atoms with Gasteiger partial charge in [-0.2, -0.15) is 0 Å². The van der Waals surface area contributed by atoms with Crippen molar-refractivity contribution in [2.45, 2.75) is 6.92 Å². The summed E-state index contributed by atoms with van der Waals surface area (Å²) in [5.74, 6) is 5.37. The Balaban J connectivity index is 2.20. The molecule has 0 fully saturated rings. The SMILES string of the molecule is Cc1cc(NC(=O)c2cc(Cl)nc(NN)c2)on1. The third-order valence-electron chi connectivity index (χ3n) is 2.07. The Bertz CT molecular complexity index is 583. The molecule has 0 aliphatic heterocycles. The number of nitrogen functional groups attached to an aromatic ring is 1. The lowest BCUT2D eigenvalue weighted by Gasteiger charge is -2.04. The number of carbonyl (C=O) groups excluding carboxylic acids is 1. The number of rotatable bonds is 3. The van der Waals surface area contributed by atoms with Crippen molar-refractivity contribution >= 4 is 29.2 Å². The van der Waals surface area contributed by atoms with Gasteiger partial charge in [0, 0.05) is 11.6 Å². The lowest BCUT2D eigenvalue weighted by molar-refractivity contribution is 0.102. The van der Waals surface area contributed by atoms with Crippen LogP contribution >= 0.6 is 11.6 Å². The summed E-state index contributed by atoms with van der Waals surface area (Å²) >= 11 is 5.76. The van der Waals surface area contributed by atoms with Crippen LogP contribution in [0.5, 0.6) is 0 Å². The van der Waals surface area contributed by atoms with Crippen LogP contribution < -0.4 is 16.6 Å². The van der Waals surface area contributed by atoms with Gasteiger partial charge in [-0.1, -0.05) is 16.8 Å². The quantitative estimate of drug-likeness (QED) is 0.443. The molecule has 18 heavy (non-hydrogen) atoms. The number of pyridine rings is 1. The fraction of sp³-hybridized carbons (Fsp3) is 0.100. The average molecular weight is 268 g/mol. The number of halogens is 1. The molecule has 0 aliphatic carbocycles. The number of aryl methyl sites for hydroxylation is 1. The molecule has 2 aromatic heterocycles. The van der Waals surface area contributed by atoms with E-state index in [0.29, 0.717) is 17.1 Å². The van der Waals surface area contributed by atoms with Gasteiger partial charge in [-0.25, -0.2) is 10.8 Å². The van der Waals surface area contributed by atoms with Crippen molar-refractivity contribution in [1.29, 1.82) is 0 Å². The van der Waals surface area contributed by atoms with E-state index in [1.54, 1.807) is 13.0 Å². The molecule has 0 bridgehead atoms. The number of nitrogens with zero attached hydrogens (tertiary/aromatic N) is 2. The molecule has 0 aromatic carbocycles. The zero-order chi connectivity index (χ0) is 13.1. The van der Waals surface area contributed by atoms with Gasteiger partial charge in [-0.3, -0.25) is 10.1 Å². The maximum Gasteiger partial charge on any atom is 0.258 e. The second kappa shape index (κ2) is 5.03. The summed E-state index contributed by atoms with van der Waals surface area (Å²) in [5.41, 5.74) is 3.29. The van der Waals surface area contributed by atoms with Crippen molar-refractivity contribution in [3.05, 3.63) is 34.6 Å². The smallest absolute Gasteiger partial charge is 0.258 e. The van der Waals surface area contributed by atoms with E-state index in [1.807, 2.05) is 0 Å². The largest absolute Gasteiger partial charge is 0.338 e. The van der Waals surface area contributed by atoms with Gasteiger partial charge in [0.1, 0.15) is 11.0 Å². The van der Waals surface area contributed by atoms with Crippen LogP contribution in [0.25, 0.3) is 0 Å². The molecule has 7 nitrogen and oxygen atoms in total. The minimum absolute atomic E-state index is 0.157. The number of nitrogens with two attached hydrogens (primary N) is 1. The van der Waals surface area contributed by atoms with Crippen molar-refractivity contribution < 1.29 is 9.32 Å². The van der Waals surface area contributed by atoms with E-state index in [-0.39, 0.29) is 11.0 Å². The number of anilines is 2. The summed E-state index contributed by atoms with van der Waals surface area (Å²) in [7, 11) is 0. The van der Waals surface area contributed by atoms with Crippen molar-refractivity contribution in [2.24, 2.45) is 5.84 Å². The Morgan fingerprint density at radius 3 is 2.83 bits per heavy atom. The Kier molecular flexibility index (Phi) is 3.45. The first kappa shape index (κ1) is 12.3. The van der Waals surface area contributed by atoms with Crippen LogP contribution in [0, 0.1) is 6.92 Å². The standard InChI is InChI=1S/C10H10ClN5O2/c1-5-2-9(18-16-5)14-10(17)6-3-7(11)13-8(4-6)15-12/h2-4H,12H2,1H3,(H,13,15)(H,14,17). The van der Waals surface area contributed by atoms with Crippen LogP contribution in [0.2, 0.25) is 5.15 Å². The molecule has 0 radical (unpaired) electrons. The van der Waals surface area contributed by atoms with E-state index < -0.39 is 5.91 Å². The second-order valence-corrected chi connectivity index (χ2v) is 3.88. The van der Waals surface area contributed by atoms with Crippen LogP contribution in [-0.2, 0) is 0 Å². The molecule has 8 heteroatoms. The van der Waals surface area contributed by atoms with Gasteiger partial charge in [0.15, 0.2) is 0 Å². The van der Waals surface area contributed by atoms with Crippen LogP contribution in [0.4, 0.5) is 11.7 Å². The highest BCUT2D eigenvalue weighted by atomic mass is 35.5. The fourth-order valence-electron chi connectivity index (χ4n) is 1.31. The van der Waals surface area contributed by atoms with Crippen LogP contribution in [0.3, 0.4) is 0 Å². The lowest BCUT2D eigenvalue weighted by Crippen LogP contribution is -2.14. The summed E-state index contributed by atoms with van der Waals surface area (Å²) in [5, 5.41) is 6.35. The van der Waals surface area contributed by atoms with Crippen molar-refractivity contribution in [3.8, 4) is 0 Å². The average Bonchev–Trinajstić information content (AvgIpc) is 2.73. The minimum atomic E-state index is -0.396. The zero-order valence-corrected chi connectivity index (χ0v) is 10.2. The summed E-state index contributed by atoms with van der Waals surface area (Å²) in [6.45, 7) is 1.75. The van der Waals surface area contributed by atoms with Crippen LogP contribution in [-0.4, -0.2) is 16.0 Å². The molecular formula is C10H10ClN5O2. The number of aromatic nitrogens is 2. The Morgan fingerprint density at radius 1 is 1.44 bits per heavy atom. The zero-order valence-electron chi connectivity index (χ0n) is 9.40. The minimum Gasteiger partial charge on any atom is -0.338 e. The molecule has 4 N–H and O–H groups in total. The molecule has 0 saturated carbocycles. The monoisotopic (exact) mass is 267 g/mol. The van der Waals surface area contributed by atoms with Gasteiger partial charge in [0.05, 0.1) is 5.69 Å². The third kappa shape index (κ3) is 2.76. The van der Waals surface area contributed by atoms with Gasteiger partial charge in [-0.05, 0) is 19.1 Å². The molecule has 0 unspecified atom stereocenters. The van der Waals surface area contributed by atoms with Gasteiger partial charge < -0.3 is 9.95 Å². The highest BCUT2D eigenvalue weighted by Crippen LogP contribution is 2.16. The van der Waals surface area contributed by atoms with Gasteiger partial charge in [0.25, 0.3) is 5.91 Å². The Labute approximate surface area is 107 Å². The topological polar surface area (TPSA) is 106 Å². The molecule has 1 amide bonds. The molecule has 0 spiro atoms. The molecular weight excluding hydrogens is 258 g/mol.